The Bertz CT molecular complexity index is 476. The van der Waals surface area contributed by atoms with Crippen LogP contribution < -0.4 is 0 Å². The van der Waals surface area contributed by atoms with Gasteiger partial charge in [0.2, 0.25) is 0 Å². The van der Waals surface area contributed by atoms with Gasteiger partial charge in [0.05, 0.1) is 0 Å². The number of hydrogen-bond acceptors (Lipinski definition) is 1. The van der Waals surface area contributed by atoms with Crippen LogP contribution in [0, 0.1) is 22.2 Å². The van der Waals surface area contributed by atoms with Gasteiger partial charge in [0, 0.05) is 12.0 Å². The third-order valence-electron chi connectivity index (χ3n) is 7.42. The van der Waals surface area contributed by atoms with Crippen molar-refractivity contribution in [1.82, 2.24) is 0 Å². The summed E-state index contributed by atoms with van der Waals surface area (Å²) in [5.41, 5.74) is 4.16. The highest BCUT2D eigenvalue weighted by molar-refractivity contribution is 5.36. The minimum Gasteiger partial charge on any atom is -0.396 e. The highest BCUT2D eigenvalue weighted by Gasteiger charge is 2.54. The fourth-order valence-corrected chi connectivity index (χ4v) is 6.05. The molecule has 21 heavy (non-hydrogen) atoms. The molecule has 1 N–H and O–H groups in total. The Morgan fingerprint density at radius 3 is 2.52 bits per heavy atom. The van der Waals surface area contributed by atoms with Crippen molar-refractivity contribution in [1.29, 1.82) is 0 Å². The first-order valence-electron chi connectivity index (χ1n) is 8.87. The average molecular weight is 288 g/mol. The lowest BCUT2D eigenvalue weighted by Gasteiger charge is -2.58. The summed E-state index contributed by atoms with van der Waals surface area (Å²) in [6.45, 7) is 11.7. The van der Waals surface area contributed by atoms with Gasteiger partial charge in [-0.3, -0.25) is 0 Å². The lowest BCUT2D eigenvalue weighted by atomic mass is 9.47. The average Bonchev–Trinajstić information content (AvgIpc) is 2.48. The molecule has 3 aliphatic carbocycles. The summed E-state index contributed by atoms with van der Waals surface area (Å²) in [7, 11) is 0. The number of rotatable bonds is 2. The summed E-state index contributed by atoms with van der Waals surface area (Å²) in [4.78, 5) is 0. The van der Waals surface area contributed by atoms with Crippen molar-refractivity contribution in [3.8, 4) is 0 Å². The van der Waals surface area contributed by atoms with Crippen molar-refractivity contribution in [2.75, 3.05) is 6.61 Å². The summed E-state index contributed by atoms with van der Waals surface area (Å²) in [5, 5.41) is 10.0. The SMILES string of the molecule is C=C[C@@]1(C)CCCC2=C1CCC1[C@](C)(CO)CCC[C@@]21C. The first-order chi connectivity index (χ1) is 9.89. The number of allylic oxidation sites excluding steroid dienone is 3. The minimum absolute atomic E-state index is 0.132. The molecule has 1 fully saturated rings. The molecule has 3 rings (SSSR count). The Hall–Kier alpha value is -0.560. The predicted octanol–water partition coefficient (Wildman–Crippen LogP) is 5.26. The molecule has 0 aliphatic heterocycles. The van der Waals surface area contributed by atoms with Crippen LogP contribution in [0.5, 0.6) is 0 Å². The molecule has 0 saturated heterocycles. The van der Waals surface area contributed by atoms with E-state index in [-0.39, 0.29) is 10.8 Å². The van der Waals surface area contributed by atoms with Gasteiger partial charge in [-0.2, -0.15) is 0 Å². The molecule has 1 unspecified atom stereocenters. The normalized spacial score (nSPS) is 46.8. The molecule has 0 aromatic carbocycles. The zero-order chi connectivity index (χ0) is 15.3. The summed E-state index contributed by atoms with van der Waals surface area (Å²) in [5.74, 6) is 0.662. The number of fused-ring (bicyclic) bond motifs is 2. The molecule has 0 amide bonds. The van der Waals surface area contributed by atoms with Crippen LogP contribution in [-0.4, -0.2) is 11.7 Å². The van der Waals surface area contributed by atoms with Crippen LogP contribution in [0.15, 0.2) is 23.8 Å². The van der Waals surface area contributed by atoms with E-state index in [1.165, 1.54) is 51.4 Å². The van der Waals surface area contributed by atoms with Crippen LogP contribution in [0.1, 0.15) is 72.1 Å². The lowest BCUT2D eigenvalue weighted by molar-refractivity contribution is -0.0422. The van der Waals surface area contributed by atoms with E-state index in [9.17, 15) is 5.11 Å². The van der Waals surface area contributed by atoms with Crippen LogP contribution in [0.2, 0.25) is 0 Å². The lowest BCUT2D eigenvalue weighted by Crippen LogP contribution is -2.50. The predicted molar refractivity (Wildman–Crippen MR) is 89.1 cm³/mol. The van der Waals surface area contributed by atoms with Crippen molar-refractivity contribution in [2.24, 2.45) is 22.2 Å². The molecule has 1 saturated carbocycles. The number of aliphatic hydroxyl groups is 1. The molecule has 0 aromatic rings. The molecule has 0 heterocycles. The Labute approximate surface area is 130 Å². The molecule has 4 atom stereocenters. The van der Waals surface area contributed by atoms with E-state index < -0.39 is 0 Å². The second-order valence-corrected chi connectivity index (χ2v) is 8.61. The van der Waals surface area contributed by atoms with Gasteiger partial charge < -0.3 is 5.11 Å². The maximum atomic E-state index is 10.0. The Morgan fingerprint density at radius 2 is 1.86 bits per heavy atom. The van der Waals surface area contributed by atoms with Crippen molar-refractivity contribution in [2.45, 2.75) is 72.1 Å². The van der Waals surface area contributed by atoms with Gasteiger partial charge in [0.15, 0.2) is 0 Å². The molecule has 1 heteroatoms. The van der Waals surface area contributed by atoms with Gasteiger partial charge in [-0.25, -0.2) is 0 Å². The maximum absolute atomic E-state index is 10.0. The van der Waals surface area contributed by atoms with Crippen LogP contribution >= 0.6 is 0 Å². The maximum Gasteiger partial charge on any atom is 0.0487 e. The van der Waals surface area contributed by atoms with Crippen molar-refractivity contribution in [3.63, 3.8) is 0 Å². The topological polar surface area (TPSA) is 20.2 Å². The van der Waals surface area contributed by atoms with E-state index in [0.717, 1.165) is 0 Å². The standard InChI is InChI=1S/C20H32O/c1-5-18(2)11-6-8-16-15(18)9-10-17-19(3,14-21)12-7-13-20(16,17)4/h5,17,21H,1,6-14H2,2-4H3/t17?,18-,19-,20-/m0/s1. The molecular formula is C20H32O. The fraction of sp³-hybridized carbons (Fsp3) is 0.800. The smallest absolute Gasteiger partial charge is 0.0487 e. The van der Waals surface area contributed by atoms with Crippen LogP contribution in [0.3, 0.4) is 0 Å². The fourth-order valence-electron chi connectivity index (χ4n) is 6.05. The largest absolute Gasteiger partial charge is 0.396 e. The zero-order valence-electron chi connectivity index (χ0n) is 14.2. The quantitative estimate of drug-likeness (QED) is 0.687. The second kappa shape index (κ2) is 4.98. The number of hydrogen-bond donors (Lipinski definition) is 1. The highest BCUT2D eigenvalue weighted by atomic mass is 16.3. The molecular weight excluding hydrogens is 256 g/mol. The third-order valence-corrected chi connectivity index (χ3v) is 7.42. The summed E-state index contributed by atoms with van der Waals surface area (Å²) in [6.07, 6.45) is 12.3. The minimum atomic E-state index is 0.132. The summed E-state index contributed by atoms with van der Waals surface area (Å²) in [6, 6.07) is 0. The van der Waals surface area contributed by atoms with Crippen molar-refractivity contribution >= 4 is 0 Å². The van der Waals surface area contributed by atoms with Crippen LogP contribution in [0.25, 0.3) is 0 Å². The van der Waals surface area contributed by atoms with E-state index in [1.807, 2.05) is 0 Å². The summed E-state index contributed by atoms with van der Waals surface area (Å²) >= 11 is 0. The number of aliphatic hydroxyl groups excluding tert-OH is 1. The molecule has 118 valence electrons. The van der Waals surface area contributed by atoms with E-state index in [4.69, 9.17) is 0 Å². The van der Waals surface area contributed by atoms with Gasteiger partial charge in [-0.1, -0.05) is 44.4 Å². The Morgan fingerprint density at radius 1 is 1.10 bits per heavy atom. The van der Waals surface area contributed by atoms with Gasteiger partial charge >= 0.3 is 0 Å². The first-order valence-corrected chi connectivity index (χ1v) is 8.87. The van der Waals surface area contributed by atoms with E-state index in [0.29, 0.717) is 17.9 Å². The Kier molecular flexibility index (Phi) is 3.64. The highest BCUT2D eigenvalue weighted by Crippen LogP contribution is 2.63. The molecule has 0 spiro atoms. The van der Waals surface area contributed by atoms with Crippen LogP contribution in [-0.2, 0) is 0 Å². The molecule has 0 radical (unpaired) electrons. The summed E-state index contributed by atoms with van der Waals surface area (Å²) < 4.78 is 0. The third kappa shape index (κ3) is 2.07. The molecule has 1 nitrogen and oxygen atoms in total. The van der Waals surface area contributed by atoms with Crippen molar-refractivity contribution < 1.29 is 5.11 Å². The zero-order valence-corrected chi connectivity index (χ0v) is 14.2. The Balaban J connectivity index is 2.08. The van der Waals surface area contributed by atoms with E-state index >= 15 is 0 Å². The van der Waals surface area contributed by atoms with Gasteiger partial charge in [-0.05, 0) is 61.7 Å². The van der Waals surface area contributed by atoms with Crippen LogP contribution in [0.4, 0.5) is 0 Å². The van der Waals surface area contributed by atoms with E-state index in [2.05, 4.69) is 33.4 Å². The van der Waals surface area contributed by atoms with Crippen molar-refractivity contribution in [3.05, 3.63) is 23.8 Å². The van der Waals surface area contributed by atoms with Gasteiger partial charge in [0.1, 0.15) is 0 Å². The molecule has 3 aliphatic rings. The first kappa shape index (κ1) is 15.3. The molecule has 0 bridgehead atoms. The van der Waals surface area contributed by atoms with E-state index in [1.54, 1.807) is 11.1 Å². The van der Waals surface area contributed by atoms with Gasteiger partial charge in [-0.15, -0.1) is 6.58 Å². The monoisotopic (exact) mass is 288 g/mol. The van der Waals surface area contributed by atoms with Gasteiger partial charge in [0.25, 0.3) is 0 Å². The second-order valence-electron chi connectivity index (χ2n) is 8.61. The molecule has 0 aromatic heterocycles.